The molecule has 0 aromatic carbocycles. The van der Waals surface area contributed by atoms with Crippen LogP contribution >= 0.6 is 0 Å². The minimum atomic E-state index is 0. The van der Waals surface area contributed by atoms with Gasteiger partial charge in [0.15, 0.2) is 0 Å². The van der Waals surface area contributed by atoms with Crippen molar-refractivity contribution in [2.45, 2.75) is 0 Å². The second-order valence-corrected chi connectivity index (χ2v) is 0. The fourth-order valence-corrected chi connectivity index (χ4v) is 0. The summed E-state index contributed by atoms with van der Waals surface area (Å²) >= 11 is 0. The maximum absolute atomic E-state index is 0. The Morgan fingerprint density at radius 1 is 1.00 bits per heavy atom. The molecule has 0 aliphatic carbocycles. The summed E-state index contributed by atoms with van der Waals surface area (Å²) in [5.74, 6) is 0. The van der Waals surface area contributed by atoms with Crippen LogP contribution in [-0.4, -0.2) is 54.6 Å². The van der Waals surface area contributed by atoms with Gasteiger partial charge in [0.2, 0.25) is 0 Å². The van der Waals surface area contributed by atoms with E-state index in [1.54, 1.807) is 0 Å². The van der Waals surface area contributed by atoms with Crippen LogP contribution in [0.15, 0.2) is 0 Å². The van der Waals surface area contributed by atoms with Crippen LogP contribution in [0.3, 0.4) is 0 Å². The summed E-state index contributed by atoms with van der Waals surface area (Å²) in [6, 6.07) is 0. The molecule has 0 saturated carbocycles. The van der Waals surface area contributed by atoms with Gasteiger partial charge in [-0.25, -0.2) is 0 Å². The van der Waals surface area contributed by atoms with Gasteiger partial charge in [0.1, 0.15) is 0 Å². The van der Waals surface area contributed by atoms with E-state index in [1.165, 1.54) is 0 Å². The summed E-state index contributed by atoms with van der Waals surface area (Å²) in [6.45, 7) is 0. The third kappa shape index (κ3) is 18.1. The first-order valence-corrected chi connectivity index (χ1v) is 0. The molecule has 0 spiro atoms. The van der Waals surface area contributed by atoms with E-state index < -0.39 is 0 Å². The minimum Gasteiger partial charge on any atom is -2.00 e. The molecule has 6 radical (unpaired) electrons. The summed E-state index contributed by atoms with van der Waals surface area (Å²) < 4.78 is 0. The van der Waals surface area contributed by atoms with Crippen LogP contribution in [0.4, 0.5) is 0 Å². The van der Waals surface area contributed by atoms with Crippen LogP contribution in [-0.2, 0) is 31.7 Å². The van der Waals surface area contributed by atoms with Crippen molar-refractivity contribution in [3.05, 3.63) is 0 Å². The van der Waals surface area contributed by atoms with Crippen LogP contribution in [0.1, 0.15) is 0 Å². The summed E-state index contributed by atoms with van der Waals surface area (Å²) in [5, 5.41) is 0. The first kappa shape index (κ1) is 36.6. The molecule has 0 fully saturated rings. The van der Waals surface area contributed by atoms with Gasteiger partial charge in [0.25, 0.3) is 0 Å². The van der Waals surface area contributed by atoms with Crippen LogP contribution < -0.4 is 0 Å². The van der Waals surface area contributed by atoms with Gasteiger partial charge in [-0.3, -0.25) is 0 Å². The van der Waals surface area contributed by atoms with Crippen molar-refractivity contribution in [3.8, 4) is 0 Å². The Hall–Kier alpha value is 3.88. The molecule has 5 heavy (non-hydrogen) atoms. The van der Waals surface area contributed by atoms with E-state index in [9.17, 15) is 0 Å². The quantitative estimate of drug-likeness (QED) is 0.303. The van der Waals surface area contributed by atoms with Gasteiger partial charge in [0.05, 0.1) is 0 Å². The van der Waals surface area contributed by atoms with E-state index in [4.69, 9.17) is 0 Å². The molecule has 0 saturated heterocycles. The van der Waals surface area contributed by atoms with Crippen molar-refractivity contribution in [1.29, 1.82) is 0 Å². The smallest absolute Gasteiger partial charge is 2.00 e. The predicted molar refractivity (Wildman–Crippen MR) is 12.2 cm³/mol. The standard InChI is InChI=1S/La.O.2Pb.Zr/q+3;-2;;+2;+4. The zero-order valence-corrected chi connectivity index (χ0v) is 16.3. The molecule has 0 aromatic rings. The first-order chi connectivity index (χ1) is 0. The van der Waals surface area contributed by atoms with E-state index in [1.807, 2.05) is 0 Å². The molecule has 0 atom stereocenters. The molecule has 0 aromatic heterocycles. The molecule has 0 aliphatic rings. The predicted octanol–water partition coefficient (Wildman–Crippen LogP) is -0.883. The van der Waals surface area contributed by atoms with Crippen molar-refractivity contribution >= 4 is 54.6 Å². The largest absolute Gasteiger partial charge is 4.00 e. The van der Waals surface area contributed by atoms with Crippen LogP contribution in [0, 0.1) is 35.6 Å². The maximum Gasteiger partial charge on any atom is 4.00 e. The first-order valence-electron chi connectivity index (χ1n) is 0. The van der Waals surface area contributed by atoms with Crippen molar-refractivity contribution < 1.29 is 67.3 Å². The molecule has 5 heteroatoms. The molecule has 0 rings (SSSR count). The molecule has 14 valence electrons. The van der Waals surface area contributed by atoms with Gasteiger partial charge in [-0.2, -0.15) is 0 Å². The summed E-state index contributed by atoms with van der Waals surface area (Å²) in [4.78, 5) is 0. The summed E-state index contributed by atoms with van der Waals surface area (Å²) in [7, 11) is 0. The molecule has 0 unspecified atom stereocenters. The Morgan fingerprint density at radius 3 is 1.00 bits per heavy atom. The minimum absolute atomic E-state index is 0. The van der Waals surface area contributed by atoms with Gasteiger partial charge < -0.3 is 5.48 Å². The summed E-state index contributed by atoms with van der Waals surface area (Å²) in [6.07, 6.45) is 0. The van der Waals surface area contributed by atoms with Crippen molar-refractivity contribution in [2.24, 2.45) is 0 Å². The van der Waals surface area contributed by atoms with E-state index in [-0.39, 0.29) is 122 Å². The van der Waals surface area contributed by atoms with Crippen molar-refractivity contribution in [2.75, 3.05) is 0 Å². The average Bonchev–Trinajstić information content (AvgIpc) is 0. The molecule has 0 aliphatic heterocycles. The number of hydrogen-bond acceptors (Lipinski definition) is 0. The van der Waals surface area contributed by atoms with Crippen molar-refractivity contribution in [3.63, 3.8) is 0 Å². The molecule has 0 amide bonds. The van der Waals surface area contributed by atoms with E-state index in [2.05, 4.69) is 0 Å². The van der Waals surface area contributed by atoms with Gasteiger partial charge in [0, 0.05) is 27.3 Å². The third-order valence-corrected chi connectivity index (χ3v) is 0. The topological polar surface area (TPSA) is 28.5 Å². The van der Waals surface area contributed by atoms with E-state index in [0.717, 1.165) is 0 Å². The van der Waals surface area contributed by atoms with Crippen LogP contribution in [0.2, 0.25) is 0 Å². The SMILES string of the molecule is [La+3].[O-2].[Pb+2].[Pb].[Zr+4]. The number of hydrogen-bond donors (Lipinski definition) is 0. The Labute approximate surface area is 119 Å². The van der Waals surface area contributed by atoms with Crippen LogP contribution in [0.5, 0.6) is 0 Å². The molecule has 0 N–H and O–H groups in total. The Bertz CT molecular complexity index is 9.61. The fraction of sp³-hybridized carbons (Fsp3) is 0. The van der Waals surface area contributed by atoms with Crippen molar-refractivity contribution in [1.82, 2.24) is 0 Å². The Balaban J connectivity index is 0. The Morgan fingerprint density at radius 2 is 1.00 bits per heavy atom. The molecular weight excluding hydrogens is 661 g/mol. The molecule has 1 nitrogen and oxygen atoms in total. The second kappa shape index (κ2) is 24.8. The molecule has 0 heterocycles. The molecular formula is LaOPb2Zr+7. The van der Waals surface area contributed by atoms with Gasteiger partial charge in [-0.1, -0.05) is 0 Å². The van der Waals surface area contributed by atoms with Crippen LogP contribution in [0.25, 0.3) is 0 Å². The Kier molecular flexibility index (Phi) is 181. The normalized spacial score (nSPS) is 0. The average molecular weight is 661 g/mol. The molecule has 0 bridgehead atoms. The second-order valence-electron chi connectivity index (χ2n) is 0. The maximum atomic E-state index is 0. The monoisotopic (exact) mass is 661 g/mol. The zero-order valence-electron chi connectivity index (χ0n) is 2.49. The van der Waals surface area contributed by atoms with Gasteiger partial charge >= 0.3 is 89.1 Å². The van der Waals surface area contributed by atoms with Gasteiger partial charge in [-0.05, 0) is 0 Å². The third-order valence-electron chi connectivity index (χ3n) is 0. The van der Waals surface area contributed by atoms with Gasteiger partial charge in [-0.15, -0.1) is 0 Å². The van der Waals surface area contributed by atoms with E-state index >= 15 is 0 Å². The fourth-order valence-electron chi connectivity index (χ4n) is 0. The number of rotatable bonds is 0. The summed E-state index contributed by atoms with van der Waals surface area (Å²) in [5.41, 5.74) is 0. The van der Waals surface area contributed by atoms with E-state index in [0.29, 0.717) is 0 Å². The zero-order chi connectivity index (χ0) is 0.